The summed E-state index contributed by atoms with van der Waals surface area (Å²) in [6, 6.07) is 17.5. The molecule has 0 saturated carbocycles. The van der Waals surface area contributed by atoms with Crippen molar-refractivity contribution in [2.24, 2.45) is 0 Å². The van der Waals surface area contributed by atoms with Crippen LogP contribution in [-0.4, -0.2) is 56.6 Å². The first-order valence-electron chi connectivity index (χ1n) is 13.9. The van der Waals surface area contributed by atoms with Gasteiger partial charge in [-0.15, -0.1) is 0 Å². The van der Waals surface area contributed by atoms with E-state index in [1.807, 2.05) is 6.07 Å². The van der Waals surface area contributed by atoms with E-state index >= 15 is 0 Å². The third-order valence-corrected chi connectivity index (χ3v) is 8.49. The number of nitrogens with zero attached hydrogens (tertiary/aromatic N) is 4. The summed E-state index contributed by atoms with van der Waals surface area (Å²) in [5.41, 5.74) is 8.37. The maximum atomic E-state index is 14.8. The van der Waals surface area contributed by atoms with Crippen LogP contribution in [0.2, 0.25) is 5.02 Å². The van der Waals surface area contributed by atoms with Crippen molar-refractivity contribution in [2.45, 2.75) is 30.2 Å². The van der Waals surface area contributed by atoms with E-state index in [0.717, 1.165) is 24.1 Å². The molecule has 0 spiro atoms. The van der Waals surface area contributed by atoms with Gasteiger partial charge in [0.25, 0.3) is 11.6 Å². The molecule has 0 radical (unpaired) electrons. The summed E-state index contributed by atoms with van der Waals surface area (Å²) in [6.45, 7) is 1.60. The number of aromatic nitrogens is 2. The van der Waals surface area contributed by atoms with Crippen LogP contribution >= 0.6 is 11.6 Å². The second kappa shape index (κ2) is 15.6. The van der Waals surface area contributed by atoms with E-state index in [4.69, 9.17) is 22.1 Å². The van der Waals surface area contributed by atoms with Crippen LogP contribution in [0.25, 0.3) is 11.3 Å². The second-order valence-corrected chi connectivity index (χ2v) is 12.3. The number of nitro benzene ring substituents is 1. The first-order valence-corrected chi connectivity index (χ1v) is 15.4. The van der Waals surface area contributed by atoms with Gasteiger partial charge in [-0.25, -0.2) is 22.9 Å². The number of rotatable bonds is 8. The van der Waals surface area contributed by atoms with Crippen LogP contribution in [0.15, 0.2) is 77.8 Å². The van der Waals surface area contributed by atoms with E-state index < -0.39 is 27.6 Å². The molecule has 11 nitrogen and oxygen atoms in total. The lowest BCUT2D eigenvalue weighted by molar-refractivity contribution is -0.387. The van der Waals surface area contributed by atoms with Gasteiger partial charge in [-0.3, -0.25) is 14.9 Å². The Labute approximate surface area is 267 Å². The average molecular weight is 655 g/mol. The summed E-state index contributed by atoms with van der Waals surface area (Å²) in [6.07, 6.45) is 3.39. The zero-order valence-electron chi connectivity index (χ0n) is 24.6. The van der Waals surface area contributed by atoms with E-state index in [-0.39, 0.29) is 34.4 Å². The number of halogens is 2. The van der Waals surface area contributed by atoms with Gasteiger partial charge in [0.15, 0.2) is 0 Å². The lowest BCUT2D eigenvalue weighted by Crippen LogP contribution is -2.23. The fourth-order valence-corrected chi connectivity index (χ4v) is 5.66. The number of nitro groups is 1. The lowest BCUT2D eigenvalue weighted by atomic mass is 9.96. The lowest BCUT2D eigenvalue weighted by Gasteiger charge is -2.22. The van der Waals surface area contributed by atoms with Crippen LogP contribution in [0.3, 0.4) is 0 Å². The summed E-state index contributed by atoms with van der Waals surface area (Å²) in [7, 11) is 1.73. The Bertz CT molecular complexity index is 1700. The Morgan fingerprint density at radius 2 is 1.89 bits per heavy atom. The van der Waals surface area contributed by atoms with E-state index in [2.05, 4.69) is 15.3 Å². The van der Waals surface area contributed by atoms with E-state index in [9.17, 15) is 23.5 Å². The number of hydrogen-bond donors (Lipinski definition) is 2. The molecule has 0 aliphatic carbocycles. The minimum atomic E-state index is -1.48. The van der Waals surface area contributed by atoms with Crippen molar-refractivity contribution in [3.05, 3.63) is 111 Å². The van der Waals surface area contributed by atoms with Crippen LogP contribution in [0.1, 0.15) is 40.4 Å². The Hall–Kier alpha value is -4.30. The summed E-state index contributed by atoms with van der Waals surface area (Å²) < 4.78 is 33.2. The standard InChI is InChI=1S/C23H22ClFN4O2.C8H10N2O3S/c24-17-3-1-2-14(10-17)12-28-23(30)18-5-4-16(11-19(18)25)21-22(26)27-13-20(29-21)15-6-8-31-9-7-15;1-9(2)14(13)8-6-4-3-5-7(8)10(11)12/h1-5,10-11,13,15H,6-9,12H2,(H2,26,27)(H,28,30);3-6H,1-2H3. The molecule has 45 heavy (non-hydrogen) atoms. The minimum Gasteiger partial charge on any atom is -0.382 e. The second-order valence-electron chi connectivity index (χ2n) is 10.2. The molecule has 1 aliphatic heterocycles. The smallest absolute Gasteiger partial charge is 0.286 e. The Kier molecular flexibility index (Phi) is 11.7. The zero-order valence-corrected chi connectivity index (χ0v) is 26.2. The highest BCUT2D eigenvalue weighted by atomic mass is 35.5. The Morgan fingerprint density at radius 1 is 1.16 bits per heavy atom. The average Bonchev–Trinajstić information content (AvgIpc) is 3.04. The topological polar surface area (TPSA) is 154 Å². The SMILES string of the molecule is CN(C)S(=O)c1ccccc1[N+](=O)[O-].Nc1ncc(C2CCOCC2)nc1-c1ccc(C(=O)NCc2cccc(Cl)c2)c(F)c1. The molecule has 1 saturated heterocycles. The molecular formula is C31H32ClFN6O5S. The molecule has 0 bridgehead atoms. The molecule has 3 aromatic carbocycles. The van der Waals surface area contributed by atoms with Gasteiger partial charge in [-0.2, -0.15) is 0 Å². The van der Waals surface area contributed by atoms with E-state index in [0.29, 0.717) is 29.5 Å². The summed E-state index contributed by atoms with van der Waals surface area (Å²) in [5.74, 6) is -0.715. The molecule has 1 amide bonds. The van der Waals surface area contributed by atoms with Crippen LogP contribution in [0.5, 0.6) is 0 Å². The van der Waals surface area contributed by atoms with Crippen LogP contribution < -0.4 is 11.1 Å². The van der Waals surface area contributed by atoms with Crippen molar-refractivity contribution in [1.29, 1.82) is 0 Å². The highest BCUT2D eigenvalue weighted by Gasteiger charge is 2.21. The third-order valence-electron chi connectivity index (χ3n) is 6.87. The van der Waals surface area contributed by atoms with Gasteiger partial charge in [0.2, 0.25) is 0 Å². The third kappa shape index (κ3) is 8.88. The highest BCUT2D eigenvalue weighted by Crippen LogP contribution is 2.30. The molecule has 1 fully saturated rings. The van der Waals surface area contributed by atoms with Gasteiger partial charge in [0, 0.05) is 42.3 Å². The predicted octanol–water partition coefficient (Wildman–Crippen LogP) is 5.52. The van der Waals surface area contributed by atoms with Gasteiger partial charge < -0.3 is 15.8 Å². The Balaban J connectivity index is 0.000000276. The number of nitrogen functional groups attached to an aromatic ring is 1. The first-order chi connectivity index (χ1) is 21.5. The molecule has 1 aromatic heterocycles. The molecule has 1 unspecified atom stereocenters. The number of ether oxygens (including phenoxy) is 1. The molecule has 14 heteroatoms. The molecule has 3 N–H and O–H groups in total. The zero-order chi connectivity index (χ0) is 32.5. The number of amides is 1. The Morgan fingerprint density at radius 3 is 2.56 bits per heavy atom. The number of hydrogen-bond acceptors (Lipinski definition) is 8. The molecule has 2 heterocycles. The van der Waals surface area contributed by atoms with E-state index in [1.54, 1.807) is 56.7 Å². The summed E-state index contributed by atoms with van der Waals surface area (Å²) in [5, 5.41) is 13.9. The molecular weight excluding hydrogens is 623 g/mol. The highest BCUT2D eigenvalue weighted by molar-refractivity contribution is 7.82. The number of carbonyl (C=O) groups is 1. The van der Waals surface area contributed by atoms with Crippen LogP contribution in [0.4, 0.5) is 15.9 Å². The fourth-order valence-electron chi connectivity index (χ4n) is 4.54. The van der Waals surface area contributed by atoms with Crippen molar-refractivity contribution in [1.82, 2.24) is 19.6 Å². The molecule has 1 aliphatic rings. The van der Waals surface area contributed by atoms with Crippen molar-refractivity contribution in [2.75, 3.05) is 33.0 Å². The van der Waals surface area contributed by atoms with Gasteiger partial charge in [-0.1, -0.05) is 41.9 Å². The fraction of sp³-hybridized carbons (Fsp3) is 0.258. The summed E-state index contributed by atoms with van der Waals surface area (Å²) >= 11 is 5.95. The largest absolute Gasteiger partial charge is 0.382 e. The predicted molar refractivity (Wildman–Crippen MR) is 170 cm³/mol. The van der Waals surface area contributed by atoms with Gasteiger partial charge >= 0.3 is 0 Å². The number of para-hydroxylation sites is 1. The van der Waals surface area contributed by atoms with Crippen molar-refractivity contribution >= 4 is 40.0 Å². The molecule has 4 aromatic rings. The molecule has 236 valence electrons. The van der Waals surface area contributed by atoms with E-state index in [1.165, 1.54) is 28.6 Å². The number of carbonyl (C=O) groups excluding carboxylic acids is 1. The van der Waals surface area contributed by atoms with Gasteiger partial charge in [0.05, 0.1) is 22.4 Å². The van der Waals surface area contributed by atoms with Crippen molar-refractivity contribution in [3.63, 3.8) is 0 Å². The number of anilines is 1. The normalized spacial score (nSPS) is 13.9. The maximum absolute atomic E-state index is 14.8. The van der Waals surface area contributed by atoms with Crippen molar-refractivity contribution < 1.29 is 23.1 Å². The quantitative estimate of drug-likeness (QED) is 0.186. The monoisotopic (exact) mass is 654 g/mol. The summed E-state index contributed by atoms with van der Waals surface area (Å²) in [4.78, 5) is 31.6. The molecule has 1 atom stereocenters. The number of nitrogens with one attached hydrogen (secondary N) is 1. The van der Waals surface area contributed by atoms with Crippen molar-refractivity contribution in [3.8, 4) is 11.3 Å². The molecule has 5 rings (SSSR count). The first kappa shape index (κ1) is 33.6. The minimum absolute atomic E-state index is 0.0575. The number of nitrogens with two attached hydrogens (primary N) is 1. The van der Waals surface area contributed by atoms with Crippen LogP contribution in [-0.2, 0) is 22.3 Å². The number of benzene rings is 3. The maximum Gasteiger partial charge on any atom is 0.286 e. The van der Waals surface area contributed by atoms with Gasteiger partial charge in [0.1, 0.15) is 33.2 Å². The van der Waals surface area contributed by atoms with Crippen LogP contribution in [0, 0.1) is 15.9 Å². The van der Waals surface area contributed by atoms with Gasteiger partial charge in [-0.05, 0) is 62.8 Å².